The van der Waals surface area contributed by atoms with Crippen molar-refractivity contribution in [3.05, 3.63) is 18.2 Å². The fourth-order valence-corrected chi connectivity index (χ4v) is 0.634. The fraction of sp³-hybridized carbons (Fsp3) is 0.167. The number of H-pyrrole nitrogens is 1. The molecule has 0 bridgehead atoms. The first-order valence-electron chi connectivity index (χ1n) is 3.19. The van der Waals surface area contributed by atoms with Crippen LogP contribution >= 0.6 is 0 Å². The van der Waals surface area contributed by atoms with Crippen molar-refractivity contribution >= 4 is 11.9 Å². The molecule has 0 atom stereocenters. The first-order chi connectivity index (χ1) is 5.70. The van der Waals surface area contributed by atoms with Gasteiger partial charge in [0.2, 0.25) is 0 Å². The number of carbonyl (C=O) groups excluding carboxylic acids is 1. The Morgan fingerprint density at radius 2 is 2.42 bits per heavy atom. The zero-order valence-electron chi connectivity index (χ0n) is 6.07. The molecular formula is C6H7N3O3. The number of hydrogen-bond donors (Lipinski definition) is 3. The van der Waals surface area contributed by atoms with Crippen LogP contribution in [0.25, 0.3) is 0 Å². The van der Waals surface area contributed by atoms with Crippen molar-refractivity contribution in [2.45, 2.75) is 6.54 Å². The van der Waals surface area contributed by atoms with E-state index in [0.717, 1.165) is 0 Å². The van der Waals surface area contributed by atoms with Gasteiger partial charge in [-0.1, -0.05) is 0 Å². The Hall–Kier alpha value is -1.85. The molecule has 1 aromatic heterocycles. The molecule has 3 N–H and O–H groups in total. The first kappa shape index (κ1) is 8.25. The number of hydrogen-bond acceptors (Lipinski definition) is 3. The summed E-state index contributed by atoms with van der Waals surface area (Å²) in [5.74, 6) is -2.02. The van der Waals surface area contributed by atoms with Crippen LogP contribution < -0.4 is 5.32 Å². The van der Waals surface area contributed by atoms with Crippen LogP contribution in [0.2, 0.25) is 0 Å². The summed E-state index contributed by atoms with van der Waals surface area (Å²) in [6, 6.07) is 0. The molecule has 0 saturated carbocycles. The lowest BCUT2D eigenvalue weighted by Gasteiger charge is -1.96. The molecule has 0 unspecified atom stereocenters. The predicted octanol–water partition coefficient (Wildman–Crippen LogP) is -0.890. The molecule has 6 heteroatoms. The Balaban J connectivity index is 2.37. The SMILES string of the molecule is O=C(O)C(=O)NCc1ncc[nH]1. The summed E-state index contributed by atoms with van der Waals surface area (Å²) < 4.78 is 0. The number of imidazole rings is 1. The first-order valence-corrected chi connectivity index (χ1v) is 3.19. The molecule has 1 heterocycles. The minimum atomic E-state index is -1.50. The van der Waals surface area contributed by atoms with Crippen LogP contribution in [0.4, 0.5) is 0 Å². The third-order valence-electron chi connectivity index (χ3n) is 1.17. The van der Waals surface area contributed by atoms with Crippen molar-refractivity contribution in [1.29, 1.82) is 0 Å². The van der Waals surface area contributed by atoms with Crippen LogP contribution in [-0.2, 0) is 16.1 Å². The second-order valence-electron chi connectivity index (χ2n) is 2.02. The number of nitrogens with zero attached hydrogens (tertiary/aromatic N) is 1. The Bertz CT molecular complexity index is 280. The summed E-state index contributed by atoms with van der Waals surface area (Å²) in [7, 11) is 0. The molecule has 0 aliphatic carbocycles. The second kappa shape index (κ2) is 3.51. The highest BCUT2D eigenvalue weighted by Crippen LogP contribution is 1.85. The van der Waals surface area contributed by atoms with Crippen LogP contribution in [0, 0.1) is 0 Å². The molecule has 0 aromatic carbocycles. The van der Waals surface area contributed by atoms with Crippen molar-refractivity contribution in [3.63, 3.8) is 0 Å². The Morgan fingerprint density at radius 1 is 1.67 bits per heavy atom. The van der Waals surface area contributed by atoms with E-state index >= 15 is 0 Å². The number of carbonyl (C=O) groups is 2. The van der Waals surface area contributed by atoms with Crippen LogP contribution in [0.3, 0.4) is 0 Å². The standard InChI is InChI=1S/C6H7N3O3/c10-5(6(11)12)9-3-4-7-1-2-8-4/h1-2H,3H2,(H,7,8)(H,9,10)(H,11,12). The number of rotatable bonds is 2. The lowest BCUT2D eigenvalue weighted by molar-refractivity contribution is -0.150. The summed E-state index contributed by atoms with van der Waals surface area (Å²) in [6.45, 7) is 0.0954. The molecule has 1 aromatic rings. The zero-order chi connectivity index (χ0) is 8.97. The lowest BCUT2D eigenvalue weighted by atomic mass is 10.5. The number of amides is 1. The smallest absolute Gasteiger partial charge is 0.394 e. The Kier molecular flexibility index (Phi) is 2.42. The fourth-order valence-electron chi connectivity index (χ4n) is 0.634. The van der Waals surface area contributed by atoms with Gasteiger partial charge in [0, 0.05) is 12.4 Å². The van der Waals surface area contributed by atoms with Gasteiger partial charge in [0.15, 0.2) is 0 Å². The number of carboxylic acid groups (broad SMARTS) is 1. The molecule has 0 aliphatic rings. The van der Waals surface area contributed by atoms with Crippen molar-refractivity contribution in [2.24, 2.45) is 0 Å². The topological polar surface area (TPSA) is 95.1 Å². The highest BCUT2D eigenvalue weighted by molar-refractivity contribution is 6.31. The second-order valence-corrected chi connectivity index (χ2v) is 2.02. The number of aromatic amines is 1. The Morgan fingerprint density at radius 3 is 2.92 bits per heavy atom. The molecular weight excluding hydrogens is 162 g/mol. The van der Waals surface area contributed by atoms with E-state index in [9.17, 15) is 9.59 Å². The van der Waals surface area contributed by atoms with Crippen LogP contribution in [0.1, 0.15) is 5.82 Å². The quantitative estimate of drug-likeness (QED) is 0.500. The largest absolute Gasteiger partial charge is 0.474 e. The molecule has 12 heavy (non-hydrogen) atoms. The third-order valence-corrected chi connectivity index (χ3v) is 1.17. The van der Waals surface area contributed by atoms with Crippen molar-refractivity contribution in [2.75, 3.05) is 0 Å². The van der Waals surface area contributed by atoms with E-state index in [-0.39, 0.29) is 6.54 Å². The molecule has 0 radical (unpaired) electrons. The van der Waals surface area contributed by atoms with Crippen LogP contribution in [0.15, 0.2) is 12.4 Å². The Labute approximate surface area is 67.6 Å². The minimum absolute atomic E-state index is 0.0954. The number of aliphatic carboxylic acids is 1. The summed E-state index contributed by atoms with van der Waals surface area (Å²) in [5.41, 5.74) is 0. The predicted molar refractivity (Wildman–Crippen MR) is 38.1 cm³/mol. The van der Waals surface area contributed by atoms with Gasteiger partial charge in [-0.2, -0.15) is 0 Å². The van der Waals surface area contributed by atoms with Crippen molar-refractivity contribution in [1.82, 2.24) is 15.3 Å². The van der Waals surface area contributed by atoms with Crippen LogP contribution in [0.5, 0.6) is 0 Å². The summed E-state index contributed by atoms with van der Waals surface area (Å²) in [4.78, 5) is 27.0. The number of nitrogens with one attached hydrogen (secondary N) is 2. The summed E-state index contributed by atoms with van der Waals surface area (Å²) in [5, 5.41) is 10.3. The van der Waals surface area contributed by atoms with Gasteiger partial charge >= 0.3 is 11.9 Å². The molecule has 1 amide bonds. The van der Waals surface area contributed by atoms with Gasteiger partial charge in [-0.25, -0.2) is 9.78 Å². The summed E-state index contributed by atoms with van der Waals surface area (Å²) in [6.07, 6.45) is 3.10. The highest BCUT2D eigenvalue weighted by Gasteiger charge is 2.09. The molecule has 0 fully saturated rings. The van der Waals surface area contributed by atoms with Crippen molar-refractivity contribution in [3.8, 4) is 0 Å². The number of aromatic nitrogens is 2. The molecule has 0 saturated heterocycles. The van der Waals surface area contributed by atoms with Gasteiger partial charge in [0.25, 0.3) is 0 Å². The molecule has 0 spiro atoms. The van der Waals surface area contributed by atoms with E-state index in [1.54, 1.807) is 6.20 Å². The maximum atomic E-state index is 10.5. The van der Waals surface area contributed by atoms with E-state index in [4.69, 9.17) is 5.11 Å². The lowest BCUT2D eigenvalue weighted by Crippen LogP contribution is -2.30. The van der Waals surface area contributed by atoms with E-state index in [2.05, 4.69) is 15.3 Å². The van der Waals surface area contributed by atoms with E-state index in [1.807, 2.05) is 0 Å². The summed E-state index contributed by atoms with van der Waals surface area (Å²) >= 11 is 0. The third kappa shape index (κ3) is 2.08. The molecule has 6 nitrogen and oxygen atoms in total. The minimum Gasteiger partial charge on any atom is -0.474 e. The normalized spacial score (nSPS) is 9.33. The van der Waals surface area contributed by atoms with E-state index in [1.165, 1.54) is 6.20 Å². The average Bonchev–Trinajstić information content (AvgIpc) is 2.51. The van der Waals surface area contributed by atoms with Gasteiger partial charge in [-0.15, -0.1) is 0 Å². The molecule has 64 valence electrons. The van der Waals surface area contributed by atoms with Crippen LogP contribution in [-0.4, -0.2) is 27.0 Å². The molecule has 0 aliphatic heterocycles. The van der Waals surface area contributed by atoms with E-state index < -0.39 is 11.9 Å². The van der Waals surface area contributed by atoms with Gasteiger partial charge in [0.1, 0.15) is 5.82 Å². The van der Waals surface area contributed by atoms with Gasteiger partial charge in [-0.3, -0.25) is 4.79 Å². The van der Waals surface area contributed by atoms with Gasteiger partial charge in [0.05, 0.1) is 6.54 Å². The van der Waals surface area contributed by atoms with Gasteiger partial charge in [-0.05, 0) is 0 Å². The van der Waals surface area contributed by atoms with Crippen molar-refractivity contribution < 1.29 is 14.7 Å². The number of carboxylic acids is 1. The maximum Gasteiger partial charge on any atom is 0.394 e. The van der Waals surface area contributed by atoms with Gasteiger partial charge < -0.3 is 15.4 Å². The maximum absolute atomic E-state index is 10.5. The average molecular weight is 169 g/mol. The van der Waals surface area contributed by atoms with E-state index in [0.29, 0.717) is 5.82 Å². The highest BCUT2D eigenvalue weighted by atomic mass is 16.4. The zero-order valence-corrected chi connectivity index (χ0v) is 6.07. The molecule has 1 rings (SSSR count). The monoisotopic (exact) mass is 169 g/mol.